The van der Waals surface area contributed by atoms with Crippen LogP contribution in [0.1, 0.15) is 44.9 Å². The number of carbonyl (C=O) groups excluding carboxylic acids is 2. The first-order valence-corrected chi connectivity index (χ1v) is 7.75. The van der Waals surface area contributed by atoms with Gasteiger partial charge in [-0.25, -0.2) is 0 Å². The normalized spacial score (nSPS) is 19.2. The molecule has 6 heteroatoms. The van der Waals surface area contributed by atoms with Gasteiger partial charge in [-0.15, -0.1) is 0 Å². The molecule has 2 saturated carbocycles. The van der Waals surface area contributed by atoms with E-state index >= 15 is 0 Å². The van der Waals surface area contributed by atoms with E-state index in [4.69, 9.17) is 0 Å². The number of aromatic nitrogens is 1. The second-order valence-electron chi connectivity index (χ2n) is 5.97. The third kappa shape index (κ3) is 3.62. The highest BCUT2D eigenvalue weighted by molar-refractivity contribution is 5.94. The SMILES string of the molecule is O=C(CN(C(=O)C1CC1)C1CCCCC1)Nc1ccon1. The molecule has 2 aliphatic rings. The van der Waals surface area contributed by atoms with Crippen molar-refractivity contribution in [1.82, 2.24) is 10.1 Å². The highest BCUT2D eigenvalue weighted by Gasteiger charge is 2.37. The molecule has 114 valence electrons. The van der Waals surface area contributed by atoms with E-state index in [1.54, 1.807) is 11.0 Å². The average Bonchev–Trinajstić information content (AvgIpc) is 3.24. The number of anilines is 1. The van der Waals surface area contributed by atoms with E-state index < -0.39 is 0 Å². The minimum absolute atomic E-state index is 0.118. The molecule has 6 nitrogen and oxygen atoms in total. The van der Waals surface area contributed by atoms with Crippen LogP contribution in [0.2, 0.25) is 0 Å². The number of carbonyl (C=O) groups is 2. The molecule has 1 heterocycles. The van der Waals surface area contributed by atoms with Crippen LogP contribution in [0, 0.1) is 5.92 Å². The molecule has 2 amide bonds. The summed E-state index contributed by atoms with van der Waals surface area (Å²) in [4.78, 5) is 26.4. The molecule has 1 aromatic heterocycles. The summed E-state index contributed by atoms with van der Waals surface area (Å²) in [6.07, 6.45) is 8.87. The van der Waals surface area contributed by atoms with E-state index in [1.165, 1.54) is 12.7 Å². The minimum atomic E-state index is -0.205. The van der Waals surface area contributed by atoms with Crippen molar-refractivity contribution in [3.05, 3.63) is 12.3 Å². The van der Waals surface area contributed by atoms with Gasteiger partial charge in [-0.2, -0.15) is 0 Å². The van der Waals surface area contributed by atoms with Crippen LogP contribution >= 0.6 is 0 Å². The highest BCUT2D eigenvalue weighted by atomic mass is 16.5. The molecular weight excluding hydrogens is 270 g/mol. The lowest BCUT2D eigenvalue weighted by Gasteiger charge is -2.34. The van der Waals surface area contributed by atoms with Gasteiger partial charge in [0, 0.05) is 18.0 Å². The summed E-state index contributed by atoms with van der Waals surface area (Å²) < 4.78 is 4.69. The quantitative estimate of drug-likeness (QED) is 0.902. The van der Waals surface area contributed by atoms with Crippen LogP contribution in [0.4, 0.5) is 5.82 Å². The van der Waals surface area contributed by atoms with E-state index in [0.29, 0.717) is 5.82 Å². The van der Waals surface area contributed by atoms with E-state index in [2.05, 4.69) is 15.0 Å². The molecule has 0 radical (unpaired) electrons. The topological polar surface area (TPSA) is 75.4 Å². The van der Waals surface area contributed by atoms with Crippen LogP contribution in [0.25, 0.3) is 0 Å². The molecule has 1 aromatic rings. The van der Waals surface area contributed by atoms with Crippen LogP contribution in [0.3, 0.4) is 0 Å². The second-order valence-corrected chi connectivity index (χ2v) is 5.97. The Kier molecular flexibility index (Phi) is 4.22. The monoisotopic (exact) mass is 291 g/mol. The zero-order valence-corrected chi connectivity index (χ0v) is 12.1. The predicted octanol–water partition coefficient (Wildman–Crippen LogP) is 2.18. The Labute approximate surface area is 123 Å². The molecule has 2 fully saturated rings. The van der Waals surface area contributed by atoms with Crippen LogP contribution in [-0.4, -0.2) is 34.5 Å². The Morgan fingerprint density at radius 2 is 2.00 bits per heavy atom. The van der Waals surface area contributed by atoms with Gasteiger partial charge in [-0.05, 0) is 25.7 Å². The lowest BCUT2D eigenvalue weighted by Crippen LogP contribution is -2.46. The maximum atomic E-state index is 12.5. The summed E-state index contributed by atoms with van der Waals surface area (Å²) in [6, 6.07) is 1.81. The first-order chi connectivity index (χ1) is 10.2. The Bertz CT molecular complexity index is 490. The Hall–Kier alpha value is -1.85. The number of nitrogens with one attached hydrogen (secondary N) is 1. The number of nitrogens with zero attached hydrogens (tertiary/aromatic N) is 2. The fraction of sp³-hybridized carbons (Fsp3) is 0.667. The summed E-state index contributed by atoms with van der Waals surface area (Å²) in [7, 11) is 0. The van der Waals surface area contributed by atoms with E-state index in [0.717, 1.165) is 38.5 Å². The Balaban J connectivity index is 1.63. The summed E-state index contributed by atoms with van der Waals surface area (Å²) in [5.74, 6) is 0.481. The van der Waals surface area contributed by atoms with Gasteiger partial charge in [0.1, 0.15) is 12.8 Å². The van der Waals surface area contributed by atoms with Gasteiger partial charge in [0.2, 0.25) is 11.8 Å². The van der Waals surface area contributed by atoms with Crippen molar-refractivity contribution in [2.24, 2.45) is 5.92 Å². The molecule has 0 aliphatic heterocycles. The fourth-order valence-electron chi connectivity index (χ4n) is 2.96. The van der Waals surface area contributed by atoms with Gasteiger partial charge in [0.25, 0.3) is 0 Å². The maximum absolute atomic E-state index is 12.5. The number of hydrogen-bond acceptors (Lipinski definition) is 4. The van der Waals surface area contributed by atoms with Gasteiger partial charge >= 0.3 is 0 Å². The third-order valence-corrected chi connectivity index (χ3v) is 4.24. The average molecular weight is 291 g/mol. The van der Waals surface area contributed by atoms with E-state index in [-0.39, 0.29) is 30.3 Å². The standard InChI is InChI=1S/C15H21N3O3/c19-14(16-13-8-9-21-17-13)10-18(15(20)11-6-7-11)12-4-2-1-3-5-12/h8-9,11-12H,1-7,10H2,(H,16,17,19). The Morgan fingerprint density at radius 3 is 2.62 bits per heavy atom. The number of rotatable bonds is 5. The summed E-state index contributed by atoms with van der Waals surface area (Å²) in [5.41, 5.74) is 0. The van der Waals surface area contributed by atoms with Gasteiger partial charge in [0.05, 0.1) is 0 Å². The Morgan fingerprint density at radius 1 is 1.24 bits per heavy atom. The first-order valence-electron chi connectivity index (χ1n) is 7.75. The zero-order chi connectivity index (χ0) is 14.7. The molecule has 21 heavy (non-hydrogen) atoms. The molecule has 0 unspecified atom stereocenters. The fourth-order valence-corrected chi connectivity index (χ4v) is 2.96. The number of amides is 2. The van der Waals surface area contributed by atoms with Crippen molar-refractivity contribution in [2.75, 3.05) is 11.9 Å². The molecular formula is C15H21N3O3. The largest absolute Gasteiger partial charge is 0.363 e. The van der Waals surface area contributed by atoms with Crippen molar-refractivity contribution in [1.29, 1.82) is 0 Å². The van der Waals surface area contributed by atoms with E-state index in [9.17, 15) is 9.59 Å². The lowest BCUT2D eigenvalue weighted by molar-refractivity contribution is -0.138. The summed E-state index contributed by atoms with van der Waals surface area (Å²) >= 11 is 0. The molecule has 0 aromatic carbocycles. The molecule has 0 atom stereocenters. The zero-order valence-electron chi connectivity index (χ0n) is 12.1. The molecule has 0 bridgehead atoms. The van der Waals surface area contributed by atoms with Crippen LogP contribution in [0.15, 0.2) is 16.9 Å². The molecule has 0 saturated heterocycles. The van der Waals surface area contributed by atoms with Gasteiger partial charge in [0.15, 0.2) is 5.82 Å². The van der Waals surface area contributed by atoms with Gasteiger partial charge < -0.3 is 14.7 Å². The molecule has 3 rings (SSSR count). The van der Waals surface area contributed by atoms with Gasteiger partial charge in [-0.3, -0.25) is 9.59 Å². The van der Waals surface area contributed by atoms with E-state index in [1.807, 2.05) is 0 Å². The van der Waals surface area contributed by atoms with Crippen LogP contribution in [0.5, 0.6) is 0 Å². The predicted molar refractivity (Wildman–Crippen MR) is 76.4 cm³/mol. The van der Waals surface area contributed by atoms with Crippen molar-refractivity contribution in [3.63, 3.8) is 0 Å². The first kappa shape index (κ1) is 14.1. The molecule has 1 N–H and O–H groups in total. The molecule has 0 spiro atoms. The minimum Gasteiger partial charge on any atom is -0.363 e. The lowest BCUT2D eigenvalue weighted by atomic mass is 9.94. The van der Waals surface area contributed by atoms with Crippen LogP contribution in [-0.2, 0) is 9.59 Å². The second kappa shape index (κ2) is 6.28. The molecule has 2 aliphatic carbocycles. The summed E-state index contributed by atoms with van der Waals surface area (Å²) in [6.45, 7) is 0.118. The maximum Gasteiger partial charge on any atom is 0.245 e. The van der Waals surface area contributed by atoms with Crippen molar-refractivity contribution in [3.8, 4) is 0 Å². The van der Waals surface area contributed by atoms with Crippen molar-refractivity contribution in [2.45, 2.75) is 51.0 Å². The summed E-state index contributed by atoms with van der Waals surface area (Å²) in [5, 5.41) is 6.33. The van der Waals surface area contributed by atoms with Crippen LogP contribution < -0.4 is 5.32 Å². The van der Waals surface area contributed by atoms with Crippen molar-refractivity contribution < 1.29 is 14.1 Å². The number of hydrogen-bond donors (Lipinski definition) is 1. The van der Waals surface area contributed by atoms with Crippen molar-refractivity contribution >= 4 is 17.6 Å². The van der Waals surface area contributed by atoms with Gasteiger partial charge in [-0.1, -0.05) is 24.4 Å². The highest BCUT2D eigenvalue weighted by Crippen LogP contribution is 2.33. The smallest absolute Gasteiger partial charge is 0.245 e. The third-order valence-electron chi connectivity index (χ3n) is 4.24.